The maximum atomic E-state index is 12.0. The lowest BCUT2D eigenvalue weighted by Crippen LogP contribution is -2.43. The van der Waals surface area contributed by atoms with Crippen molar-refractivity contribution < 1.29 is 9.59 Å². The molecule has 0 spiro atoms. The van der Waals surface area contributed by atoms with E-state index in [0.717, 1.165) is 0 Å². The predicted molar refractivity (Wildman–Crippen MR) is 95.6 cm³/mol. The summed E-state index contributed by atoms with van der Waals surface area (Å²) in [5, 5.41) is 7.36. The molecule has 0 aliphatic rings. The summed E-state index contributed by atoms with van der Waals surface area (Å²) < 4.78 is 0. The molecule has 24 heavy (non-hydrogen) atoms. The van der Waals surface area contributed by atoms with Crippen LogP contribution in [0.25, 0.3) is 0 Å². The molecule has 0 saturated heterocycles. The number of hydrogen-bond acceptors (Lipinski definition) is 3. The molecule has 2 N–H and O–H groups in total. The molecular formula is C17H15Cl2N3O2. The van der Waals surface area contributed by atoms with Crippen LogP contribution < -0.4 is 10.7 Å². The summed E-state index contributed by atoms with van der Waals surface area (Å²) in [6, 6.07) is 12.8. The van der Waals surface area contributed by atoms with Crippen molar-refractivity contribution in [1.82, 2.24) is 10.7 Å². The molecule has 2 aromatic carbocycles. The number of rotatable bonds is 5. The van der Waals surface area contributed by atoms with Crippen LogP contribution in [0.5, 0.6) is 0 Å². The van der Waals surface area contributed by atoms with E-state index in [4.69, 9.17) is 23.2 Å². The van der Waals surface area contributed by atoms with Crippen LogP contribution in [-0.2, 0) is 4.79 Å². The molecule has 2 rings (SSSR count). The summed E-state index contributed by atoms with van der Waals surface area (Å²) in [6.07, 6.45) is 1.41. The van der Waals surface area contributed by atoms with Gasteiger partial charge in [-0.25, -0.2) is 5.43 Å². The van der Waals surface area contributed by atoms with Crippen LogP contribution >= 0.6 is 23.2 Å². The van der Waals surface area contributed by atoms with Crippen molar-refractivity contribution in [1.29, 1.82) is 0 Å². The predicted octanol–water partition coefficient (Wildman–Crippen LogP) is 3.26. The van der Waals surface area contributed by atoms with Crippen molar-refractivity contribution >= 4 is 41.2 Å². The van der Waals surface area contributed by atoms with Gasteiger partial charge in [0.1, 0.15) is 6.04 Å². The first-order chi connectivity index (χ1) is 11.5. The number of benzene rings is 2. The van der Waals surface area contributed by atoms with Gasteiger partial charge < -0.3 is 5.32 Å². The van der Waals surface area contributed by atoms with Crippen molar-refractivity contribution in [2.24, 2.45) is 5.10 Å². The average Bonchev–Trinajstić information content (AvgIpc) is 2.57. The van der Waals surface area contributed by atoms with E-state index in [1.54, 1.807) is 49.4 Å². The van der Waals surface area contributed by atoms with E-state index >= 15 is 0 Å². The molecule has 0 aliphatic carbocycles. The molecule has 7 heteroatoms. The van der Waals surface area contributed by atoms with E-state index in [-0.39, 0.29) is 5.91 Å². The Labute approximate surface area is 149 Å². The number of hydrogen-bond donors (Lipinski definition) is 2. The summed E-state index contributed by atoms with van der Waals surface area (Å²) in [7, 11) is 0. The van der Waals surface area contributed by atoms with Gasteiger partial charge in [0, 0.05) is 16.1 Å². The molecule has 2 amide bonds. The third-order valence-electron chi connectivity index (χ3n) is 3.12. The third-order valence-corrected chi connectivity index (χ3v) is 3.68. The van der Waals surface area contributed by atoms with E-state index in [0.29, 0.717) is 21.2 Å². The number of amides is 2. The Balaban J connectivity index is 1.89. The lowest BCUT2D eigenvalue weighted by molar-refractivity contribution is -0.122. The molecular weight excluding hydrogens is 349 g/mol. The molecule has 0 heterocycles. The lowest BCUT2D eigenvalue weighted by atomic mass is 10.2. The topological polar surface area (TPSA) is 70.6 Å². The smallest absolute Gasteiger partial charge is 0.262 e. The quantitative estimate of drug-likeness (QED) is 0.632. The molecule has 2 aromatic rings. The van der Waals surface area contributed by atoms with Crippen molar-refractivity contribution in [3.8, 4) is 0 Å². The van der Waals surface area contributed by atoms with Gasteiger partial charge in [0.15, 0.2) is 0 Å². The third kappa shape index (κ3) is 5.08. The van der Waals surface area contributed by atoms with E-state index in [1.807, 2.05) is 6.07 Å². The highest BCUT2D eigenvalue weighted by atomic mass is 35.5. The molecule has 0 saturated carbocycles. The maximum absolute atomic E-state index is 12.0. The summed E-state index contributed by atoms with van der Waals surface area (Å²) in [5.74, 6) is -0.774. The Bertz CT molecular complexity index is 764. The Morgan fingerprint density at radius 3 is 2.50 bits per heavy atom. The van der Waals surface area contributed by atoms with Crippen molar-refractivity contribution in [2.75, 3.05) is 0 Å². The second kappa shape index (κ2) is 8.47. The number of carbonyl (C=O) groups excluding carboxylic acids is 2. The molecule has 0 radical (unpaired) electrons. The zero-order valence-corrected chi connectivity index (χ0v) is 14.3. The van der Waals surface area contributed by atoms with Crippen LogP contribution in [0.4, 0.5) is 0 Å². The largest absolute Gasteiger partial charge is 0.340 e. The van der Waals surface area contributed by atoms with Gasteiger partial charge in [-0.15, -0.1) is 0 Å². The fraction of sp³-hybridized carbons (Fsp3) is 0.118. The minimum Gasteiger partial charge on any atom is -0.340 e. The molecule has 0 aliphatic heterocycles. The lowest BCUT2D eigenvalue weighted by Gasteiger charge is -2.12. The summed E-state index contributed by atoms with van der Waals surface area (Å²) in [5.41, 5.74) is 3.45. The molecule has 5 nitrogen and oxygen atoms in total. The standard InChI is InChI=1S/C17H15Cl2N3O2/c1-11(21-17(24)12-5-3-2-4-6-12)16(23)22-20-10-13-7-8-14(18)9-15(13)19/h2-11H,1H3,(H,21,24)(H,22,23)/b20-10-/t11-/m1/s1. The summed E-state index contributed by atoms with van der Waals surface area (Å²) in [6.45, 7) is 1.57. The summed E-state index contributed by atoms with van der Waals surface area (Å²) in [4.78, 5) is 23.9. The first-order valence-corrected chi connectivity index (χ1v) is 7.87. The second-order valence-electron chi connectivity index (χ2n) is 4.96. The molecule has 1 atom stereocenters. The van der Waals surface area contributed by atoms with Crippen LogP contribution in [0.15, 0.2) is 53.6 Å². The minimum absolute atomic E-state index is 0.331. The minimum atomic E-state index is -0.740. The van der Waals surface area contributed by atoms with E-state index in [9.17, 15) is 9.59 Å². The van der Waals surface area contributed by atoms with Crippen molar-refractivity contribution in [2.45, 2.75) is 13.0 Å². The zero-order chi connectivity index (χ0) is 17.5. The fourth-order valence-corrected chi connectivity index (χ4v) is 2.26. The van der Waals surface area contributed by atoms with E-state index in [2.05, 4.69) is 15.8 Å². The van der Waals surface area contributed by atoms with Gasteiger partial charge in [0.25, 0.3) is 11.8 Å². The molecule has 124 valence electrons. The highest BCUT2D eigenvalue weighted by molar-refractivity contribution is 6.36. The zero-order valence-electron chi connectivity index (χ0n) is 12.8. The molecule has 0 bridgehead atoms. The second-order valence-corrected chi connectivity index (χ2v) is 5.80. The highest BCUT2D eigenvalue weighted by Gasteiger charge is 2.15. The average molecular weight is 364 g/mol. The van der Waals surface area contributed by atoms with Gasteiger partial charge in [0.05, 0.1) is 11.2 Å². The Hall–Kier alpha value is -2.37. The Kier molecular flexibility index (Phi) is 6.35. The van der Waals surface area contributed by atoms with Crippen LogP contribution in [0.1, 0.15) is 22.8 Å². The maximum Gasteiger partial charge on any atom is 0.262 e. The normalized spacial score (nSPS) is 12.0. The number of nitrogens with zero attached hydrogens (tertiary/aromatic N) is 1. The first kappa shape index (κ1) is 18.0. The SMILES string of the molecule is C[C@@H](NC(=O)c1ccccc1)C(=O)N/N=C\c1ccc(Cl)cc1Cl. The number of halogens is 2. The van der Waals surface area contributed by atoms with Gasteiger partial charge >= 0.3 is 0 Å². The van der Waals surface area contributed by atoms with Gasteiger partial charge in [0.2, 0.25) is 0 Å². The van der Waals surface area contributed by atoms with Crippen molar-refractivity contribution in [3.63, 3.8) is 0 Å². The Morgan fingerprint density at radius 1 is 1.12 bits per heavy atom. The first-order valence-electron chi connectivity index (χ1n) is 7.11. The van der Waals surface area contributed by atoms with Crippen LogP contribution in [0, 0.1) is 0 Å². The molecule has 0 aromatic heterocycles. The van der Waals surface area contributed by atoms with Crippen LogP contribution in [0.2, 0.25) is 10.0 Å². The van der Waals surface area contributed by atoms with Gasteiger partial charge in [-0.3, -0.25) is 9.59 Å². The monoisotopic (exact) mass is 363 g/mol. The Morgan fingerprint density at radius 2 is 1.83 bits per heavy atom. The molecule has 0 fully saturated rings. The number of nitrogens with one attached hydrogen (secondary N) is 2. The van der Waals surface area contributed by atoms with E-state index in [1.165, 1.54) is 6.21 Å². The van der Waals surface area contributed by atoms with Crippen molar-refractivity contribution in [3.05, 3.63) is 69.7 Å². The number of hydrazone groups is 1. The van der Waals surface area contributed by atoms with E-state index < -0.39 is 11.9 Å². The van der Waals surface area contributed by atoms with Gasteiger partial charge in [-0.1, -0.05) is 47.5 Å². The fourth-order valence-electron chi connectivity index (χ4n) is 1.80. The van der Waals surface area contributed by atoms with Gasteiger partial charge in [-0.05, 0) is 31.2 Å². The summed E-state index contributed by atoms with van der Waals surface area (Å²) >= 11 is 11.8. The number of carbonyl (C=O) groups is 2. The van der Waals surface area contributed by atoms with Crippen LogP contribution in [0.3, 0.4) is 0 Å². The van der Waals surface area contributed by atoms with Gasteiger partial charge in [-0.2, -0.15) is 5.10 Å². The highest BCUT2D eigenvalue weighted by Crippen LogP contribution is 2.19. The molecule has 0 unspecified atom stereocenters. The van der Waals surface area contributed by atoms with Crippen LogP contribution in [-0.4, -0.2) is 24.1 Å².